The summed E-state index contributed by atoms with van der Waals surface area (Å²) >= 11 is 0. The number of nitrogens with zero attached hydrogens (tertiary/aromatic N) is 2. The molecule has 0 aromatic carbocycles. The van der Waals surface area contributed by atoms with Crippen LogP contribution < -0.4 is 0 Å². The number of quaternary nitrogens is 1. The number of unbranched alkanes of at least 4 members (excludes halogenated alkanes) is 13. The van der Waals surface area contributed by atoms with Crippen molar-refractivity contribution in [3.05, 3.63) is 0 Å². The van der Waals surface area contributed by atoms with E-state index in [1.54, 1.807) is 0 Å². The minimum atomic E-state index is -3.43. The first kappa shape index (κ1) is 39.1. The molecule has 0 aliphatic heterocycles. The molecule has 0 N–H and O–H groups in total. The Labute approximate surface area is 240 Å². The normalized spacial score (nSPS) is 15.5. The van der Waals surface area contributed by atoms with Gasteiger partial charge in [0.25, 0.3) is 0 Å². The van der Waals surface area contributed by atoms with Crippen molar-refractivity contribution in [3.63, 3.8) is 0 Å². The second kappa shape index (κ2) is 23.7. The molecule has 0 spiro atoms. The summed E-state index contributed by atoms with van der Waals surface area (Å²) in [7, 11) is 5.93. The number of rotatable bonds is 29. The molecule has 12 heteroatoms. The van der Waals surface area contributed by atoms with Gasteiger partial charge in [0.15, 0.2) is 0 Å². The van der Waals surface area contributed by atoms with Crippen LogP contribution in [0.1, 0.15) is 89.9 Å². The third kappa shape index (κ3) is 25.6. The Balaban J connectivity index is 3.49. The quantitative estimate of drug-likeness (QED) is 0.0496. The van der Waals surface area contributed by atoms with Gasteiger partial charge in [-0.25, -0.2) is 9.13 Å². The molecule has 0 aromatic heterocycles. The van der Waals surface area contributed by atoms with Gasteiger partial charge in [-0.15, -0.1) is 0 Å². The lowest BCUT2D eigenvalue weighted by Crippen LogP contribution is -2.37. The van der Waals surface area contributed by atoms with Crippen LogP contribution >= 0.6 is 15.6 Å². The van der Waals surface area contributed by atoms with Crippen LogP contribution in [0.15, 0.2) is 0 Å². The Morgan fingerprint density at radius 3 is 1.13 bits per heavy atom. The van der Waals surface area contributed by atoms with E-state index in [0.717, 1.165) is 36.7 Å². The van der Waals surface area contributed by atoms with Crippen molar-refractivity contribution in [1.29, 1.82) is 0 Å². The molecule has 0 saturated heterocycles. The molecule has 0 amide bonds. The fraction of sp³-hybridized carbons (Fsp3) is 1.00. The van der Waals surface area contributed by atoms with Gasteiger partial charge in [-0.05, 0) is 26.9 Å². The molecular formula is C27H61N2O8P2+. The summed E-state index contributed by atoms with van der Waals surface area (Å²) in [4.78, 5) is 1.96. The van der Waals surface area contributed by atoms with E-state index in [0.29, 0.717) is 33.0 Å². The third-order valence-corrected chi connectivity index (χ3v) is 9.17. The molecule has 0 aliphatic carbocycles. The van der Waals surface area contributed by atoms with Crippen LogP contribution in [0, 0.1) is 0 Å². The lowest BCUT2D eigenvalue weighted by Gasteiger charge is -2.24. The highest BCUT2D eigenvalue weighted by atomic mass is 31.2. The standard InChI is InChI=1S/C27H61N2O8P2/c1-28(2)22-26-36-38(30,32-6)34-24-20-18-16-14-12-10-8-9-11-13-15-17-19-21-25-35-39(31,33-7)37-27-23-29(3,4)5/h8-27H2,1-7H3/q+1. The van der Waals surface area contributed by atoms with E-state index in [-0.39, 0.29) is 0 Å². The van der Waals surface area contributed by atoms with Gasteiger partial charge in [-0.3, -0.25) is 27.1 Å². The molecular weight excluding hydrogens is 542 g/mol. The fourth-order valence-electron chi connectivity index (χ4n) is 3.73. The van der Waals surface area contributed by atoms with E-state index in [2.05, 4.69) is 21.1 Å². The summed E-state index contributed by atoms with van der Waals surface area (Å²) in [6.45, 7) is 2.88. The van der Waals surface area contributed by atoms with Crippen molar-refractivity contribution in [2.45, 2.75) is 89.9 Å². The second-order valence-corrected chi connectivity index (χ2v) is 14.9. The van der Waals surface area contributed by atoms with Crippen molar-refractivity contribution in [2.24, 2.45) is 0 Å². The second-order valence-electron chi connectivity index (χ2n) is 11.4. The Hall–Kier alpha value is 0.140. The van der Waals surface area contributed by atoms with E-state index in [1.807, 2.05) is 19.0 Å². The molecule has 39 heavy (non-hydrogen) atoms. The maximum atomic E-state index is 12.4. The van der Waals surface area contributed by atoms with Gasteiger partial charge in [-0.1, -0.05) is 77.0 Å². The molecule has 0 bridgehead atoms. The molecule has 0 heterocycles. The van der Waals surface area contributed by atoms with E-state index in [4.69, 9.17) is 27.1 Å². The third-order valence-electron chi connectivity index (χ3n) is 6.28. The lowest BCUT2D eigenvalue weighted by molar-refractivity contribution is -0.870. The maximum absolute atomic E-state index is 12.4. The first-order chi connectivity index (χ1) is 18.5. The number of hydrogen-bond acceptors (Lipinski definition) is 9. The maximum Gasteiger partial charge on any atom is 0.474 e. The van der Waals surface area contributed by atoms with Crippen molar-refractivity contribution < 1.29 is 40.8 Å². The van der Waals surface area contributed by atoms with E-state index in [9.17, 15) is 9.13 Å². The topological polar surface area (TPSA) is 92.8 Å². The fourth-order valence-corrected chi connectivity index (χ4v) is 5.61. The van der Waals surface area contributed by atoms with Crippen molar-refractivity contribution in [3.8, 4) is 0 Å². The number of phosphoric acid groups is 2. The summed E-state index contributed by atoms with van der Waals surface area (Å²) in [5.74, 6) is 0. The van der Waals surface area contributed by atoms with Gasteiger partial charge in [-0.2, -0.15) is 0 Å². The molecule has 0 rings (SSSR count). The first-order valence-corrected chi connectivity index (χ1v) is 17.7. The van der Waals surface area contributed by atoms with Gasteiger partial charge in [0, 0.05) is 20.8 Å². The smallest absolute Gasteiger partial charge is 0.329 e. The Morgan fingerprint density at radius 1 is 0.513 bits per heavy atom. The van der Waals surface area contributed by atoms with Crippen LogP contribution in [0.5, 0.6) is 0 Å². The van der Waals surface area contributed by atoms with Gasteiger partial charge >= 0.3 is 15.6 Å². The molecule has 2 unspecified atom stereocenters. The number of hydrogen-bond donors (Lipinski definition) is 0. The zero-order chi connectivity index (χ0) is 29.5. The lowest BCUT2D eigenvalue weighted by atomic mass is 10.0. The largest absolute Gasteiger partial charge is 0.474 e. The predicted octanol–water partition coefficient (Wildman–Crippen LogP) is 7.29. The zero-order valence-corrected chi connectivity index (χ0v) is 28.0. The summed E-state index contributed by atoms with van der Waals surface area (Å²) < 4.78 is 56.9. The van der Waals surface area contributed by atoms with Crippen molar-refractivity contribution >= 4 is 15.6 Å². The van der Waals surface area contributed by atoms with Crippen molar-refractivity contribution in [2.75, 3.05) is 89.0 Å². The Kier molecular flexibility index (Phi) is 23.8. The summed E-state index contributed by atoms with van der Waals surface area (Å²) in [5, 5.41) is 0. The Morgan fingerprint density at radius 2 is 0.821 bits per heavy atom. The molecule has 2 atom stereocenters. The molecule has 10 nitrogen and oxygen atoms in total. The monoisotopic (exact) mass is 603 g/mol. The average molecular weight is 604 g/mol. The minimum absolute atomic E-state index is 0.321. The molecule has 0 radical (unpaired) electrons. The molecule has 0 fully saturated rings. The zero-order valence-electron chi connectivity index (χ0n) is 26.2. The van der Waals surface area contributed by atoms with Crippen LogP contribution in [0.3, 0.4) is 0 Å². The highest BCUT2D eigenvalue weighted by Gasteiger charge is 2.26. The van der Waals surface area contributed by atoms with Gasteiger partial charge in [0.05, 0.1) is 41.0 Å². The van der Waals surface area contributed by atoms with Crippen LogP contribution in [0.2, 0.25) is 0 Å². The number of phosphoric ester groups is 2. The number of likely N-dealkylation sites (N-methyl/N-ethyl adjacent to an activating group) is 2. The van der Waals surface area contributed by atoms with Crippen LogP contribution in [0.25, 0.3) is 0 Å². The SMILES string of the molecule is COP(=O)(OCCCCCCCCCCCCCCCCOP(=O)(OC)OCC[N+](C)(C)C)OCCN(C)C. The highest BCUT2D eigenvalue weighted by Crippen LogP contribution is 2.49. The molecule has 0 aliphatic rings. The Bertz CT molecular complexity index is 662. The van der Waals surface area contributed by atoms with Gasteiger partial charge in [0.1, 0.15) is 13.2 Å². The van der Waals surface area contributed by atoms with Crippen LogP contribution in [-0.4, -0.2) is 98.4 Å². The van der Waals surface area contributed by atoms with Crippen molar-refractivity contribution in [1.82, 2.24) is 4.90 Å². The average Bonchev–Trinajstić information content (AvgIpc) is 2.87. The van der Waals surface area contributed by atoms with Crippen LogP contribution in [-0.2, 0) is 36.3 Å². The van der Waals surface area contributed by atoms with E-state index < -0.39 is 15.6 Å². The summed E-state index contributed by atoms with van der Waals surface area (Å²) in [5.41, 5.74) is 0. The van der Waals surface area contributed by atoms with Gasteiger partial charge < -0.3 is 9.38 Å². The molecule has 236 valence electrons. The molecule has 0 saturated carbocycles. The molecule has 0 aromatic rings. The van der Waals surface area contributed by atoms with Crippen LogP contribution in [0.4, 0.5) is 0 Å². The van der Waals surface area contributed by atoms with E-state index >= 15 is 0 Å². The van der Waals surface area contributed by atoms with Gasteiger partial charge in [0.2, 0.25) is 0 Å². The minimum Gasteiger partial charge on any atom is -0.329 e. The van der Waals surface area contributed by atoms with E-state index in [1.165, 1.54) is 78.4 Å². The predicted molar refractivity (Wildman–Crippen MR) is 159 cm³/mol. The first-order valence-electron chi connectivity index (χ1n) is 14.8. The summed E-state index contributed by atoms with van der Waals surface area (Å²) in [6, 6.07) is 0. The summed E-state index contributed by atoms with van der Waals surface area (Å²) in [6.07, 6.45) is 16.4. The highest BCUT2D eigenvalue weighted by molar-refractivity contribution is 7.48.